The molecule has 30 heavy (non-hydrogen) atoms. The van der Waals surface area contributed by atoms with Crippen molar-refractivity contribution in [2.75, 3.05) is 5.32 Å². The summed E-state index contributed by atoms with van der Waals surface area (Å²) in [5.74, 6) is -0.311. The highest BCUT2D eigenvalue weighted by atomic mass is 16.5. The molecule has 3 aromatic carbocycles. The standard InChI is InChI=1S/C24H19NO5/c26-19-10-4-1-7-15(19)21(28)13-23-17(14-25-18-9-3-5-11-20(18)27)24(29)16-8-2-6-12-22(16)30-23/h1-12,14,23,25-27H,13H2/b17-14-. The molecule has 0 bridgehead atoms. The van der Waals surface area contributed by atoms with Gasteiger partial charge in [0.1, 0.15) is 23.4 Å². The van der Waals surface area contributed by atoms with Gasteiger partial charge in [0.15, 0.2) is 11.6 Å². The maximum atomic E-state index is 13.1. The maximum absolute atomic E-state index is 13.1. The van der Waals surface area contributed by atoms with Gasteiger partial charge in [0.2, 0.25) is 0 Å². The van der Waals surface area contributed by atoms with Crippen molar-refractivity contribution in [2.45, 2.75) is 12.5 Å². The summed E-state index contributed by atoms with van der Waals surface area (Å²) in [6.45, 7) is 0. The van der Waals surface area contributed by atoms with Crippen molar-refractivity contribution >= 4 is 17.3 Å². The molecular weight excluding hydrogens is 382 g/mol. The van der Waals surface area contributed by atoms with Gasteiger partial charge in [0, 0.05) is 6.20 Å². The lowest BCUT2D eigenvalue weighted by atomic mass is 9.91. The summed E-state index contributed by atoms with van der Waals surface area (Å²) in [6.07, 6.45) is 0.472. The Hall–Kier alpha value is -4.06. The maximum Gasteiger partial charge on any atom is 0.197 e. The van der Waals surface area contributed by atoms with Gasteiger partial charge >= 0.3 is 0 Å². The largest absolute Gasteiger partial charge is 0.507 e. The molecule has 3 N–H and O–H groups in total. The Kier molecular flexibility index (Phi) is 5.22. The number of aromatic hydroxyl groups is 2. The number of carbonyl (C=O) groups excluding carboxylic acids is 2. The van der Waals surface area contributed by atoms with E-state index in [0.717, 1.165) is 0 Å². The zero-order valence-corrected chi connectivity index (χ0v) is 15.9. The zero-order chi connectivity index (χ0) is 21.1. The highest BCUT2D eigenvalue weighted by Crippen LogP contribution is 2.33. The number of Topliss-reactive ketones (excluding diaryl/α,β-unsaturated/α-hetero) is 2. The second-order valence-electron chi connectivity index (χ2n) is 6.84. The average Bonchev–Trinajstić information content (AvgIpc) is 2.75. The fourth-order valence-corrected chi connectivity index (χ4v) is 3.32. The third-order valence-corrected chi connectivity index (χ3v) is 4.87. The van der Waals surface area contributed by atoms with E-state index >= 15 is 0 Å². The minimum absolute atomic E-state index is 0.0285. The van der Waals surface area contributed by atoms with Crippen LogP contribution in [0.2, 0.25) is 0 Å². The molecule has 4 rings (SSSR count). The van der Waals surface area contributed by atoms with Crippen molar-refractivity contribution in [3.8, 4) is 17.2 Å². The highest BCUT2D eigenvalue weighted by Gasteiger charge is 2.33. The first-order valence-electron chi connectivity index (χ1n) is 9.41. The van der Waals surface area contributed by atoms with Crippen LogP contribution in [0.3, 0.4) is 0 Å². The van der Waals surface area contributed by atoms with Gasteiger partial charge in [-0.15, -0.1) is 0 Å². The predicted molar refractivity (Wildman–Crippen MR) is 112 cm³/mol. The molecule has 1 unspecified atom stereocenters. The van der Waals surface area contributed by atoms with Gasteiger partial charge in [-0.1, -0.05) is 36.4 Å². The Labute approximate surface area is 173 Å². The summed E-state index contributed by atoms with van der Waals surface area (Å²) in [6, 6.07) is 19.7. The molecule has 1 aliphatic rings. The third kappa shape index (κ3) is 3.75. The van der Waals surface area contributed by atoms with Crippen LogP contribution in [0, 0.1) is 0 Å². The molecule has 0 aromatic heterocycles. The molecule has 3 aromatic rings. The molecule has 6 nitrogen and oxygen atoms in total. The number of fused-ring (bicyclic) bond motifs is 1. The SMILES string of the molecule is O=C(CC1Oc2ccccc2C(=O)/C1=C\Nc1ccccc1O)c1ccccc1O. The number of carbonyl (C=O) groups is 2. The Morgan fingerprint density at radius 2 is 1.60 bits per heavy atom. The molecule has 1 atom stereocenters. The Bertz CT molecular complexity index is 1150. The number of phenolic OH excluding ortho intramolecular Hbond substituents is 2. The first-order chi connectivity index (χ1) is 14.5. The molecule has 1 aliphatic heterocycles. The number of nitrogens with one attached hydrogen (secondary N) is 1. The second kappa shape index (κ2) is 8.13. The lowest BCUT2D eigenvalue weighted by molar-refractivity contribution is 0.0881. The average molecular weight is 401 g/mol. The third-order valence-electron chi connectivity index (χ3n) is 4.87. The van der Waals surface area contributed by atoms with Crippen molar-refractivity contribution in [2.24, 2.45) is 0 Å². The van der Waals surface area contributed by atoms with Crippen LogP contribution in [-0.2, 0) is 0 Å². The van der Waals surface area contributed by atoms with Crippen LogP contribution >= 0.6 is 0 Å². The minimum atomic E-state index is -0.849. The van der Waals surface area contributed by atoms with Gasteiger partial charge in [-0.25, -0.2) is 0 Å². The summed E-state index contributed by atoms with van der Waals surface area (Å²) < 4.78 is 5.97. The molecule has 6 heteroatoms. The summed E-state index contributed by atoms with van der Waals surface area (Å²) in [7, 11) is 0. The van der Waals surface area contributed by atoms with Crippen LogP contribution in [0.25, 0.3) is 0 Å². The van der Waals surface area contributed by atoms with Gasteiger partial charge in [0.05, 0.1) is 28.8 Å². The van der Waals surface area contributed by atoms with E-state index in [1.165, 1.54) is 24.4 Å². The van der Waals surface area contributed by atoms with E-state index in [-0.39, 0.29) is 40.6 Å². The number of para-hydroxylation sites is 4. The van der Waals surface area contributed by atoms with Crippen molar-refractivity contribution in [1.29, 1.82) is 0 Å². The summed E-state index contributed by atoms with van der Waals surface area (Å²) in [5.41, 5.74) is 1.23. The van der Waals surface area contributed by atoms with Gasteiger partial charge < -0.3 is 20.3 Å². The first-order valence-corrected chi connectivity index (χ1v) is 9.41. The van der Waals surface area contributed by atoms with E-state index in [4.69, 9.17) is 4.74 Å². The smallest absolute Gasteiger partial charge is 0.197 e. The number of rotatable bonds is 5. The lowest BCUT2D eigenvalue weighted by Gasteiger charge is -2.27. The van der Waals surface area contributed by atoms with Gasteiger partial charge in [-0.05, 0) is 36.4 Å². The van der Waals surface area contributed by atoms with E-state index in [0.29, 0.717) is 17.0 Å². The zero-order valence-electron chi connectivity index (χ0n) is 15.9. The van der Waals surface area contributed by atoms with E-state index in [2.05, 4.69) is 5.32 Å². The van der Waals surface area contributed by atoms with E-state index in [9.17, 15) is 19.8 Å². The summed E-state index contributed by atoms with van der Waals surface area (Å²) in [4.78, 5) is 25.9. The number of hydrogen-bond acceptors (Lipinski definition) is 6. The number of ketones is 2. The molecule has 150 valence electrons. The van der Waals surface area contributed by atoms with E-state index in [1.54, 1.807) is 54.6 Å². The minimum Gasteiger partial charge on any atom is -0.507 e. The molecule has 0 radical (unpaired) electrons. The quantitative estimate of drug-likeness (QED) is 0.335. The number of ether oxygens (including phenoxy) is 1. The lowest BCUT2D eigenvalue weighted by Crippen LogP contribution is -2.33. The van der Waals surface area contributed by atoms with Crippen LogP contribution in [0.4, 0.5) is 5.69 Å². The molecule has 0 spiro atoms. The molecular formula is C24H19NO5. The van der Waals surface area contributed by atoms with Crippen LogP contribution in [0.15, 0.2) is 84.6 Å². The van der Waals surface area contributed by atoms with Gasteiger partial charge in [-0.3, -0.25) is 9.59 Å². The first kappa shape index (κ1) is 19.3. The van der Waals surface area contributed by atoms with E-state index in [1.807, 2.05) is 0 Å². The number of phenols is 2. The molecule has 1 heterocycles. The topological polar surface area (TPSA) is 95.9 Å². The fourth-order valence-electron chi connectivity index (χ4n) is 3.32. The molecule has 0 saturated heterocycles. The van der Waals surface area contributed by atoms with Crippen molar-refractivity contribution < 1.29 is 24.5 Å². The summed E-state index contributed by atoms with van der Waals surface area (Å²) >= 11 is 0. The van der Waals surface area contributed by atoms with E-state index < -0.39 is 6.10 Å². The normalized spacial score (nSPS) is 16.6. The number of hydrogen-bond donors (Lipinski definition) is 3. The molecule has 0 aliphatic carbocycles. The molecule has 0 saturated carbocycles. The number of benzene rings is 3. The van der Waals surface area contributed by atoms with Gasteiger partial charge in [-0.2, -0.15) is 0 Å². The Balaban J connectivity index is 1.68. The van der Waals surface area contributed by atoms with Crippen LogP contribution in [-0.4, -0.2) is 27.9 Å². The fraction of sp³-hybridized carbons (Fsp3) is 0.0833. The highest BCUT2D eigenvalue weighted by molar-refractivity contribution is 6.13. The second-order valence-corrected chi connectivity index (χ2v) is 6.84. The monoisotopic (exact) mass is 401 g/mol. The van der Waals surface area contributed by atoms with Crippen molar-refractivity contribution in [3.05, 3.63) is 95.7 Å². The van der Waals surface area contributed by atoms with Crippen molar-refractivity contribution in [1.82, 2.24) is 0 Å². The van der Waals surface area contributed by atoms with Crippen LogP contribution in [0.5, 0.6) is 17.2 Å². The Morgan fingerprint density at radius 3 is 2.37 bits per heavy atom. The van der Waals surface area contributed by atoms with Crippen LogP contribution < -0.4 is 10.1 Å². The predicted octanol–water partition coefficient (Wildman–Crippen LogP) is 4.31. The Morgan fingerprint density at radius 1 is 0.933 bits per heavy atom. The number of anilines is 1. The summed E-state index contributed by atoms with van der Waals surface area (Å²) in [5, 5.41) is 22.9. The molecule has 0 fully saturated rings. The van der Waals surface area contributed by atoms with Gasteiger partial charge in [0.25, 0.3) is 0 Å². The van der Waals surface area contributed by atoms with Crippen LogP contribution in [0.1, 0.15) is 27.1 Å². The molecule has 0 amide bonds. The van der Waals surface area contributed by atoms with Crippen molar-refractivity contribution in [3.63, 3.8) is 0 Å².